The van der Waals surface area contributed by atoms with Crippen LogP contribution in [-0.4, -0.2) is 23.7 Å². The molecular weight excluding hydrogens is 221 g/mol. The van der Waals surface area contributed by atoms with Gasteiger partial charge in [-0.25, -0.2) is 9.18 Å². The van der Waals surface area contributed by atoms with E-state index in [2.05, 4.69) is 6.58 Å². The molecule has 0 amide bonds. The van der Waals surface area contributed by atoms with Crippen LogP contribution in [0.25, 0.3) is 0 Å². The predicted molar refractivity (Wildman–Crippen MR) is 63.9 cm³/mol. The minimum atomic E-state index is -1.11. The molecule has 90 valence electrons. The Kier molecular flexibility index (Phi) is 3.13. The van der Waals surface area contributed by atoms with Crippen molar-refractivity contribution in [2.75, 3.05) is 11.4 Å². The maximum absolute atomic E-state index is 13.8. The zero-order valence-electron chi connectivity index (χ0n) is 9.40. The lowest BCUT2D eigenvalue weighted by atomic mass is 10.2. The summed E-state index contributed by atoms with van der Waals surface area (Å²) in [6.45, 7) is 4.23. The van der Waals surface area contributed by atoms with E-state index in [9.17, 15) is 9.18 Å². The second-order valence-electron chi connectivity index (χ2n) is 4.14. The summed E-state index contributed by atoms with van der Waals surface area (Å²) >= 11 is 0. The molecule has 0 saturated heterocycles. The quantitative estimate of drug-likeness (QED) is 0.798. The third-order valence-corrected chi connectivity index (χ3v) is 2.82. The Morgan fingerprint density at radius 1 is 1.59 bits per heavy atom. The molecule has 1 fully saturated rings. The number of aromatic carboxylic acids is 1. The highest BCUT2D eigenvalue weighted by Crippen LogP contribution is 2.33. The summed E-state index contributed by atoms with van der Waals surface area (Å²) in [5, 5.41) is 8.77. The monoisotopic (exact) mass is 235 g/mol. The summed E-state index contributed by atoms with van der Waals surface area (Å²) in [7, 11) is 0. The summed E-state index contributed by atoms with van der Waals surface area (Å²) in [6.07, 6.45) is 3.82. The fourth-order valence-electron chi connectivity index (χ4n) is 1.84. The van der Waals surface area contributed by atoms with E-state index in [0.29, 0.717) is 18.3 Å². The zero-order chi connectivity index (χ0) is 12.4. The van der Waals surface area contributed by atoms with Crippen molar-refractivity contribution in [2.24, 2.45) is 0 Å². The lowest BCUT2D eigenvalue weighted by Gasteiger charge is -2.23. The number of hydrogen-bond acceptors (Lipinski definition) is 2. The molecule has 0 heterocycles. The minimum absolute atomic E-state index is 0.0272. The van der Waals surface area contributed by atoms with Crippen molar-refractivity contribution >= 4 is 11.7 Å². The maximum Gasteiger partial charge on any atom is 0.335 e. The molecule has 4 heteroatoms. The number of benzene rings is 1. The van der Waals surface area contributed by atoms with E-state index in [-0.39, 0.29) is 5.56 Å². The van der Waals surface area contributed by atoms with Crippen molar-refractivity contribution in [1.82, 2.24) is 0 Å². The predicted octanol–water partition coefficient (Wildman–Crippen LogP) is 2.68. The van der Waals surface area contributed by atoms with E-state index in [1.165, 1.54) is 12.1 Å². The third-order valence-electron chi connectivity index (χ3n) is 2.82. The van der Waals surface area contributed by atoms with Gasteiger partial charge in [0.15, 0.2) is 0 Å². The molecule has 1 N–H and O–H groups in total. The second kappa shape index (κ2) is 4.57. The van der Waals surface area contributed by atoms with Crippen LogP contribution in [0, 0.1) is 5.82 Å². The van der Waals surface area contributed by atoms with Crippen molar-refractivity contribution < 1.29 is 14.3 Å². The Hall–Kier alpha value is -1.84. The molecule has 3 nitrogen and oxygen atoms in total. The first kappa shape index (κ1) is 11.6. The van der Waals surface area contributed by atoms with Crippen molar-refractivity contribution in [3.05, 3.63) is 42.2 Å². The van der Waals surface area contributed by atoms with E-state index < -0.39 is 11.8 Å². The molecule has 1 aliphatic carbocycles. The van der Waals surface area contributed by atoms with E-state index in [4.69, 9.17) is 5.11 Å². The van der Waals surface area contributed by atoms with Gasteiger partial charge in [0.1, 0.15) is 5.82 Å². The van der Waals surface area contributed by atoms with Crippen molar-refractivity contribution in [3.63, 3.8) is 0 Å². The Labute approximate surface area is 99.2 Å². The van der Waals surface area contributed by atoms with Crippen LogP contribution < -0.4 is 4.90 Å². The first-order valence-electron chi connectivity index (χ1n) is 5.54. The minimum Gasteiger partial charge on any atom is -0.478 e. The molecule has 0 bridgehead atoms. The lowest BCUT2D eigenvalue weighted by molar-refractivity contribution is 0.0696. The summed E-state index contributed by atoms with van der Waals surface area (Å²) in [4.78, 5) is 12.6. The Bertz CT molecular complexity index is 455. The van der Waals surface area contributed by atoms with Gasteiger partial charge in [-0.05, 0) is 31.0 Å². The van der Waals surface area contributed by atoms with Crippen LogP contribution in [0.4, 0.5) is 10.1 Å². The fourth-order valence-corrected chi connectivity index (χ4v) is 1.84. The summed E-state index contributed by atoms with van der Waals surface area (Å²) in [5.41, 5.74) is 0.429. The van der Waals surface area contributed by atoms with Crippen molar-refractivity contribution in [2.45, 2.75) is 18.9 Å². The van der Waals surface area contributed by atoms with Crippen LogP contribution in [-0.2, 0) is 0 Å². The van der Waals surface area contributed by atoms with E-state index >= 15 is 0 Å². The number of halogens is 1. The topological polar surface area (TPSA) is 40.5 Å². The zero-order valence-corrected chi connectivity index (χ0v) is 9.40. The van der Waals surface area contributed by atoms with Crippen LogP contribution in [0.3, 0.4) is 0 Å². The number of hydrogen-bond donors (Lipinski definition) is 1. The molecule has 0 atom stereocenters. The normalized spacial score (nSPS) is 14.4. The van der Waals surface area contributed by atoms with Crippen LogP contribution in [0.5, 0.6) is 0 Å². The Balaban J connectivity index is 2.30. The molecule has 1 aromatic rings. The molecule has 1 aliphatic rings. The number of carbonyl (C=O) groups is 1. The summed E-state index contributed by atoms with van der Waals surface area (Å²) in [6, 6.07) is 4.38. The van der Waals surface area contributed by atoms with E-state index in [1.54, 1.807) is 6.08 Å². The van der Waals surface area contributed by atoms with Crippen molar-refractivity contribution in [3.8, 4) is 0 Å². The highest BCUT2D eigenvalue weighted by atomic mass is 19.1. The van der Waals surface area contributed by atoms with Gasteiger partial charge in [-0.15, -0.1) is 6.58 Å². The van der Waals surface area contributed by atoms with Gasteiger partial charge in [-0.3, -0.25) is 0 Å². The van der Waals surface area contributed by atoms with Gasteiger partial charge < -0.3 is 10.0 Å². The molecule has 1 aromatic carbocycles. The third kappa shape index (κ3) is 2.46. The first-order chi connectivity index (χ1) is 8.13. The van der Waals surface area contributed by atoms with E-state index in [0.717, 1.165) is 18.9 Å². The molecule has 0 unspecified atom stereocenters. The van der Waals surface area contributed by atoms with Crippen LogP contribution in [0.2, 0.25) is 0 Å². The highest BCUT2D eigenvalue weighted by molar-refractivity contribution is 5.88. The summed E-state index contributed by atoms with van der Waals surface area (Å²) < 4.78 is 13.8. The Morgan fingerprint density at radius 3 is 2.76 bits per heavy atom. The molecule has 0 aliphatic heterocycles. The number of anilines is 1. The molecule has 0 radical (unpaired) electrons. The molecule has 1 saturated carbocycles. The largest absolute Gasteiger partial charge is 0.478 e. The number of carboxylic acids is 1. The molecule has 17 heavy (non-hydrogen) atoms. The van der Waals surface area contributed by atoms with Gasteiger partial charge in [-0.2, -0.15) is 0 Å². The van der Waals surface area contributed by atoms with E-state index in [1.807, 2.05) is 4.90 Å². The average Bonchev–Trinajstić information content (AvgIpc) is 3.10. The standard InChI is InChI=1S/C13H14FNO2/c1-2-7-15(10-4-5-10)12-6-3-9(13(16)17)8-11(12)14/h2-3,6,8,10H,1,4-5,7H2,(H,16,17). The molecule has 0 aromatic heterocycles. The highest BCUT2D eigenvalue weighted by Gasteiger charge is 2.30. The fraction of sp³-hybridized carbons (Fsp3) is 0.308. The smallest absolute Gasteiger partial charge is 0.335 e. The van der Waals surface area contributed by atoms with Gasteiger partial charge in [0.2, 0.25) is 0 Å². The van der Waals surface area contributed by atoms with Crippen LogP contribution in [0.15, 0.2) is 30.9 Å². The summed E-state index contributed by atoms with van der Waals surface area (Å²) in [5.74, 6) is -1.60. The second-order valence-corrected chi connectivity index (χ2v) is 4.14. The van der Waals surface area contributed by atoms with Gasteiger partial charge in [0.25, 0.3) is 0 Å². The molecule has 2 rings (SSSR count). The number of nitrogens with zero attached hydrogens (tertiary/aromatic N) is 1. The van der Waals surface area contributed by atoms with Gasteiger partial charge in [0, 0.05) is 12.6 Å². The first-order valence-corrected chi connectivity index (χ1v) is 5.54. The van der Waals surface area contributed by atoms with Gasteiger partial charge in [0.05, 0.1) is 11.3 Å². The molecular formula is C13H14FNO2. The maximum atomic E-state index is 13.8. The van der Waals surface area contributed by atoms with Gasteiger partial charge in [-0.1, -0.05) is 6.08 Å². The number of carboxylic acid groups (broad SMARTS) is 1. The van der Waals surface area contributed by atoms with Crippen LogP contribution >= 0.6 is 0 Å². The van der Waals surface area contributed by atoms with Crippen LogP contribution in [0.1, 0.15) is 23.2 Å². The van der Waals surface area contributed by atoms with Gasteiger partial charge >= 0.3 is 5.97 Å². The average molecular weight is 235 g/mol. The SMILES string of the molecule is C=CCN(c1ccc(C(=O)O)cc1F)C1CC1. The lowest BCUT2D eigenvalue weighted by Crippen LogP contribution is -2.26. The molecule has 0 spiro atoms. The number of rotatable bonds is 5. The Morgan fingerprint density at radius 2 is 2.29 bits per heavy atom. The van der Waals surface area contributed by atoms with Crippen molar-refractivity contribution in [1.29, 1.82) is 0 Å².